The number of benzene rings is 1. The summed E-state index contributed by atoms with van der Waals surface area (Å²) < 4.78 is 16.1. The molecule has 0 unspecified atom stereocenters. The van der Waals surface area contributed by atoms with E-state index in [4.69, 9.17) is 14.2 Å². The molecule has 1 rings (SSSR count). The van der Waals surface area contributed by atoms with Crippen molar-refractivity contribution in [2.24, 2.45) is 11.3 Å². The van der Waals surface area contributed by atoms with Gasteiger partial charge in [0.2, 0.25) is 11.8 Å². The van der Waals surface area contributed by atoms with Gasteiger partial charge < -0.3 is 29.7 Å². The Morgan fingerprint density at radius 2 is 1.62 bits per heavy atom. The van der Waals surface area contributed by atoms with Gasteiger partial charge in [0.05, 0.1) is 32.9 Å². The summed E-state index contributed by atoms with van der Waals surface area (Å²) >= 11 is 0. The van der Waals surface area contributed by atoms with Crippen molar-refractivity contribution in [2.75, 3.05) is 34.9 Å². The molecule has 0 saturated carbocycles. The molecule has 9 nitrogen and oxygen atoms in total. The van der Waals surface area contributed by atoms with Crippen LogP contribution in [0.5, 0.6) is 11.5 Å². The smallest absolute Gasteiger partial charge is 0.333 e. The number of amides is 2. The van der Waals surface area contributed by atoms with E-state index in [-0.39, 0.29) is 30.4 Å². The lowest BCUT2D eigenvalue weighted by Crippen LogP contribution is -2.61. The van der Waals surface area contributed by atoms with Crippen molar-refractivity contribution in [3.8, 4) is 11.5 Å². The number of ether oxygens (including phenoxy) is 3. The molecule has 0 spiro atoms. The first-order valence-electron chi connectivity index (χ1n) is 13.8. The zero-order valence-corrected chi connectivity index (χ0v) is 26.7. The van der Waals surface area contributed by atoms with E-state index in [0.29, 0.717) is 17.1 Å². The molecule has 9 heteroatoms. The number of hydrogen-bond acceptors (Lipinski definition) is 7. The van der Waals surface area contributed by atoms with Gasteiger partial charge in [-0.2, -0.15) is 0 Å². The molecule has 1 aromatic carbocycles. The second-order valence-electron chi connectivity index (χ2n) is 12.1. The Bertz CT molecular complexity index is 1060. The summed E-state index contributed by atoms with van der Waals surface area (Å²) in [5.74, 6) is 0.289. The average Bonchev–Trinajstić information content (AvgIpc) is 2.88. The monoisotopic (exact) mass is 561 g/mol. The van der Waals surface area contributed by atoms with E-state index in [1.807, 2.05) is 60.6 Å². The summed E-state index contributed by atoms with van der Waals surface area (Å²) in [6.45, 7) is 17.3. The SMILES string of the molecule is CCOC(=O)C(C)=C[C@H](C(C)C)N(C)C(=O)[C@@H](NC(=O)[C@@H](NC)C(C)(C)c1ccc(OC)cc1OC)C(C)(C)C. The fourth-order valence-corrected chi connectivity index (χ4v) is 4.85. The molecular weight excluding hydrogens is 510 g/mol. The van der Waals surface area contributed by atoms with Crippen LogP contribution >= 0.6 is 0 Å². The van der Waals surface area contributed by atoms with Crippen LogP contribution in [-0.4, -0.2) is 75.7 Å². The van der Waals surface area contributed by atoms with Crippen molar-refractivity contribution in [2.45, 2.75) is 85.9 Å². The normalized spacial score (nSPS) is 14.7. The summed E-state index contributed by atoms with van der Waals surface area (Å²) in [7, 11) is 6.59. The van der Waals surface area contributed by atoms with Crippen molar-refractivity contribution in [3.05, 3.63) is 35.4 Å². The van der Waals surface area contributed by atoms with E-state index in [2.05, 4.69) is 10.6 Å². The Kier molecular flexibility index (Phi) is 12.7. The van der Waals surface area contributed by atoms with Gasteiger partial charge in [0.25, 0.3) is 0 Å². The molecule has 40 heavy (non-hydrogen) atoms. The Labute approximate surface area is 241 Å². The highest BCUT2D eigenvalue weighted by atomic mass is 16.5. The van der Waals surface area contributed by atoms with Crippen LogP contribution in [0.25, 0.3) is 0 Å². The molecule has 0 bridgehead atoms. The van der Waals surface area contributed by atoms with Crippen LogP contribution in [0.4, 0.5) is 0 Å². The van der Waals surface area contributed by atoms with E-state index in [1.54, 1.807) is 59.2 Å². The third-order valence-corrected chi connectivity index (χ3v) is 7.27. The van der Waals surface area contributed by atoms with Gasteiger partial charge in [-0.3, -0.25) is 9.59 Å². The number of methoxy groups -OCH3 is 2. The molecule has 1 aromatic rings. The zero-order chi connectivity index (χ0) is 31.0. The maximum Gasteiger partial charge on any atom is 0.333 e. The molecule has 226 valence electrons. The van der Waals surface area contributed by atoms with Crippen LogP contribution in [0.3, 0.4) is 0 Å². The standard InChI is InChI=1S/C31H51N3O6/c1-14-40-29(37)20(4)17-23(19(2)3)34(11)28(36)26(30(5,6)7)33-27(35)25(32-10)31(8,9)22-16-15-21(38-12)18-24(22)39-13/h15-19,23,25-26,32H,14H2,1-13H3,(H,33,35)/t23-,25-,26-/m1/s1. The first-order valence-corrected chi connectivity index (χ1v) is 13.8. The number of carbonyl (C=O) groups excluding carboxylic acids is 3. The molecule has 0 heterocycles. The average molecular weight is 562 g/mol. The van der Waals surface area contributed by atoms with Crippen LogP contribution in [0.1, 0.15) is 67.9 Å². The molecule has 0 aliphatic heterocycles. The van der Waals surface area contributed by atoms with E-state index in [0.717, 1.165) is 5.56 Å². The number of likely N-dealkylation sites (N-methyl/N-ethyl adjacent to an activating group) is 2. The second kappa shape index (κ2) is 14.5. The van der Waals surface area contributed by atoms with Gasteiger partial charge in [-0.25, -0.2) is 4.79 Å². The van der Waals surface area contributed by atoms with Gasteiger partial charge in [-0.15, -0.1) is 0 Å². The highest BCUT2D eigenvalue weighted by molar-refractivity contribution is 5.92. The Morgan fingerprint density at radius 3 is 2.08 bits per heavy atom. The minimum atomic E-state index is -0.827. The lowest BCUT2D eigenvalue weighted by Gasteiger charge is -2.40. The van der Waals surface area contributed by atoms with Crippen LogP contribution in [0.2, 0.25) is 0 Å². The highest BCUT2D eigenvalue weighted by Crippen LogP contribution is 2.37. The van der Waals surface area contributed by atoms with E-state index >= 15 is 0 Å². The van der Waals surface area contributed by atoms with E-state index in [1.165, 1.54) is 0 Å². The molecular formula is C31H51N3O6. The molecule has 2 N–H and O–H groups in total. The molecule has 0 fully saturated rings. The third-order valence-electron chi connectivity index (χ3n) is 7.27. The summed E-state index contributed by atoms with van der Waals surface area (Å²) in [5, 5.41) is 6.20. The lowest BCUT2D eigenvalue weighted by molar-refractivity contribution is -0.141. The topological polar surface area (TPSA) is 106 Å². The number of rotatable bonds is 13. The number of nitrogens with one attached hydrogen (secondary N) is 2. The first kappa shape index (κ1) is 35.0. The zero-order valence-electron chi connectivity index (χ0n) is 26.7. The van der Waals surface area contributed by atoms with Crippen LogP contribution in [0.15, 0.2) is 29.8 Å². The number of hydrogen-bond donors (Lipinski definition) is 2. The number of nitrogens with zero attached hydrogens (tertiary/aromatic N) is 1. The first-order chi connectivity index (χ1) is 18.5. The molecule has 0 aliphatic rings. The number of carbonyl (C=O) groups is 3. The van der Waals surface area contributed by atoms with Crippen molar-refractivity contribution in [3.63, 3.8) is 0 Å². The molecule has 0 aliphatic carbocycles. The lowest BCUT2D eigenvalue weighted by atomic mass is 9.76. The Balaban J connectivity index is 3.40. The third kappa shape index (κ3) is 8.46. The van der Waals surface area contributed by atoms with Crippen LogP contribution < -0.4 is 20.1 Å². The minimum Gasteiger partial charge on any atom is -0.497 e. The Hall–Kier alpha value is -3.07. The van der Waals surface area contributed by atoms with E-state index < -0.39 is 28.9 Å². The van der Waals surface area contributed by atoms with Gasteiger partial charge in [-0.1, -0.05) is 60.6 Å². The van der Waals surface area contributed by atoms with Gasteiger partial charge in [0.1, 0.15) is 17.5 Å². The molecule has 2 amide bonds. The van der Waals surface area contributed by atoms with Gasteiger partial charge in [-0.05, 0) is 38.3 Å². The van der Waals surface area contributed by atoms with Crippen molar-refractivity contribution in [1.29, 1.82) is 0 Å². The van der Waals surface area contributed by atoms with E-state index in [9.17, 15) is 14.4 Å². The fourth-order valence-electron chi connectivity index (χ4n) is 4.85. The second-order valence-corrected chi connectivity index (χ2v) is 12.1. The summed E-state index contributed by atoms with van der Waals surface area (Å²) in [5.41, 5.74) is -0.0568. The quantitative estimate of drug-likeness (QED) is 0.276. The van der Waals surface area contributed by atoms with Gasteiger partial charge in [0, 0.05) is 29.7 Å². The van der Waals surface area contributed by atoms with Gasteiger partial charge >= 0.3 is 5.97 Å². The molecule has 0 radical (unpaired) electrons. The number of esters is 1. The van der Waals surface area contributed by atoms with Crippen molar-refractivity contribution in [1.82, 2.24) is 15.5 Å². The predicted octanol–water partition coefficient (Wildman–Crippen LogP) is 4.09. The van der Waals surface area contributed by atoms with Crippen LogP contribution in [-0.2, 0) is 24.5 Å². The molecule has 3 atom stereocenters. The largest absolute Gasteiger partial charge is 0.497 e. The summed E-state index contributed by atoms with van der Waals surface area (Å²) in [6, 6.07) is 3.62. The van der Waals surface area contributed by atoms with Gasteiger partial charge in [0.15, 0.2) is 0 Å². The highest BCUT2D eigenvalue weighted by Gasteiger charge is 2.42. The molecule has 0 aromatic heterocycles. The van der Waals surface area contributed by atoms with Crippen molar-refractivity contribution < 1.29 is 28.6 Å². The summed E-state index contributed by atoms with van der Waals surface area (Å²) in [4.78, 5) is 41.7. The molecule has 0 saturated heterocycles. The Morgan fingerprint density at radius 1 is 1.02 bits per heavy atom. The fraction of sp³-hybridized carbons (Fsp3) is 0.645. The minimum absolute atomic E-state index is 0.0150. The van der Waals surface area contributed by atoms with Crippen LogP contribution in [0, 0.1) is 11.3 Å². The summed E-state index contributed by atoms with van der Waals surface area (Å²) in [6.07, 6.45) is 1.76. The maximum atomic E-state index is 14.0. The van der Waals surface area contributed by atoms with Crippen molar-refractivity contribution >= 4 is 17.8 Å². The maximum absolute atomic E-state index is 14.0. The predicted molar refractivity (Wildman–Crippen MR) is 159 cm³/mol.